The van der Waals surface area contributed by atoms with E-state index in [9.17, 15) is 10.1 Å². The number of fused-ring (bicyclic) bond motifs is 1. The maximum atomic E-state index is 11.3. The van der Waals surface area contributed by atoms with Crippen LogP contribution in [-0.2, 0) is 0 Å². The quantitative estimate of drug-likeness (QED) is 0.480. The highest BCUT2D eigenvalue weighted by Crippen LogP contribution is 2.38. The van der Waals surface area contributed by atoms with Crippen LogP contribution in [0.15, 0.2) is 40.3 Å². The molecule has 3 aromatic rings. The summed E-state index contributed by atoms with van der Waals surface area (Å²) >= 11 is 4.77. The minimum atomic E-state index is -0.455. The molecule has 0 atom stereocenters. The third-order valence-corrected chi connectivity index (χ3v) is 4.66. The van der Waals surface area contributed by atoms with Crippen molar-refractivity contribution in [3.05, 3.63) is 56.0 Å². The molecule has 1 aromatic heterocycles. The summed E-state index contributed by atoms with van der Waals surface area (Å²) in [6, 6.07) is 8.81. The Labute approximate surface area is 132 Å². The molecule has 0 N–H and O–H groups in total. The fourth-order valence-electron chi connectivity index (χ4n) is 1.96. The highest BCUT2D eigenvalue weighted by molar-refractivity contribution is 9.10. The summed E-state index contributed by atoms with van der Waals surface area (Å²) in [7, 11) is 0. The van der Waals surface area contributed by atoms with Crippen molar-refractivity contribution in [2.75, 3.05) is 0 Å². The van der Waals surface area contributed by atoms with E-state index in [1.165, 1.54) is 11.3 Å². The molecule has 0 saturated heterocycles. The van der Waals surface area contributed by atoms with Gasteiger partial charge in [-0.1, -0.05) is 15.9 Å². The molecule has 0 aliphatic rings. The van der Waals surface area contributed by atoms with Gasteiger partial charge in [0.2, 0.25) is 5.75 Å². The molecule has 0 aliphatic heterocycles. The van der Waals surface area contributed by atoms with Crippen LogP contribution in [0.5, 0.6) is 11.5 Å². The number of hydrogen-bond donors (Lipinski definition) is 0. The second-order valence-corrected chi connectivity index (χ2v) is 6.12. The number of rotatable bonds is 3. The van der Waals surface area contributed by atoms with Crippen molar-refractivity contribution in [2.24, 2.45) is 0 Å². The van der Waals surface area contributed by atoms with E-state index in [-0.39, 0.29) is 11.4 Å². The van der Waals surface area contributed by atoms with Crippen molar-refractivity contribution in [2.45, 2.75) is 6.92 Å². The van der Waals surface area contributed by atoms with Gasteiger partial charge in [0.25, 0.3) is 0 Å². The topological polar surface area (TPSA) is 65.3 Å². The second-order valence-electron chi connectivity index (χ2n) is 4.38. The molecule has 106 valence electrons. The Morgan fingerprint density at radius 1 is 1.33 bits per heavy atom. The van der Waals surface area contributed by atoms with Crippen LogP contribution in [0.2, 0.25) is 0 Å². The van der Waals surface area contributed by atoms with Gasteiger partial charge in [-0.25, -0.2) is 4.98 Å². The summed E-state index contributed by atoms with van der Waals surface area (Å²) in [5.74, 6) is 0.744. The van der Waals surface area contributed by atoms with Crippen molar-refractivity contribution in [3.63, 3.8) is 0 Å². The normalized spacial score (nSPS) is 10.8. The van der Waals surface area contributed by atoms with Gasteiger partial charge in [-0.15, -0.1) is 11.3 Å². The lowest BCUT2D eigenvalue weighted by Crippen LogP contribution is -1.95. The van der Waals surface area contributed by atoms with Gasteiger partial charge in [0.05, 0.1) is 15.1 Å². The molecular formula is C14H9BrN2O3S. The summed E-state index contributed by atoms with van der Waals surface area (Å²) in [5.41, 5.74) is 2.83. The third kappa shape index (κ3) is 2.62. The highest BCUT2D eigenvalue weighted by atomic mass is 79.9. The van der Waals surface area contributed by atoms with E-state index in [2.05, 4.69) is 20.9 Å². The monoisotopic (exact) mass is 364 g/mol. The summed E-state index contributed by atoms with van der Waals surface area (Å²) in [5, 5.41) is 11.3. The molecule has 0 unspecified atom stereocenters. The van der Waals surface area contributed by atoms with Gasteiger partial charge in [0.15, 0.2) is 5.52 Å². The average molecular weight is 365 g/mol. The number of nitro groups is 1. The van der Waals surface area contributed by atoms with Gasteiger partial charge in [0, 0.05) is 4.47 Å². The zero-order chi connectivity index (χ0) is 15.0. The molecule has 7 heteroatoms. The first-order chi connectivity index (χ1) is 10.1. The van der Waals surface area contributed by atoms with Gasteiger partial charge in [0.1, 0.15) is 5.75 Å². The molecule has 5 nitrogen and oxygen atoms in total. The number of hydrogen-bond acceptors (Lipinski definition) is 5. The van der Waals surface area contributed by atoms with E-state index in [0.717, 1.165) is 14.7 Å². The third-order valence-electron chi connectivity index (χ3n) is 2.98. The van der Waals surface area contributed by atoms with Crippen molar-refractivity contribution < 1.29 is 9.66 Å². The summed E-state index contributed by atoms with van der Waals surface area (Å²) < 4.78 is 7.41. The first kappa shape index (κ1) is 14.0. The second kappa shape index (κ2) is 5.42. The molecule has 0 amide bonds. The smallest absolute Gasteiger partial charge is 0.338 e. The fourth-order valence-corrected chi connectivity index (χ4v) is 2.89. The fraction of sp³-hybridized carbons (Fsp3) is 0.0714. The Balaban J connectivity index is 2.09. The Morgan fingerprint density at radius 2 is 2.14 bits per heavy atom. The molecule has 21 heavy (non-hydrogen) atoms. The van der Waals surface area contributed by atoms with Gasteiger partial charge >= 0.3 is 5.69 Å². The van der Waals surface area contributed by atoms with Crippen molar-refractivity contribution >= 4 is 43.2 Å². The van der Waals surface area contributed by atoms with Gasteiger partial charge in [-0.3, -0.25) is 10.1 Å². The Hall–Kier alpha value is -1.99. The molecule has 3 rings (SSSR count). The maximum absolute atomic E-state index is 11.3. The Bertz CT molecular complexity index is 847. The van der Waals surface area contributed by atoms with E-state index < -0.39 is 4.92 Å². The van der Waals surface area contributed by atoms with Crippen molar-refractivity contribution in [3.8, 4) is 11.5 Å². The van der Waals surface area contributed by atoms with Crippen molar-refractivity contribution in [1.82, 2.24) is 4.98 Å². The van der Waals surface area contributed by atoms with Crippen LogP contribution in [0, 0.1) is 17.0 Å². The molecule has 0 aliphatic carbocycles. The zero-order valence-corrected chi connectivity index (χ0v) is 13.3. The standard InChI is InChI=1S/C14H9BrN2O3S/c1-8-6-9(2-3-10(8)15)20-11-4-5-12-13(16-7-21-12)14(11)17(18)19/h2-7H,1H3. The van der Waals surface area contributed by atoms with Crippen molar-refractivity contribution in [1.29, 1.82) is 0 Å². The molecule has 0 radical (unpaired) electrons. The Kier molecular flexibility index (Phi) is 3.60. The van der Waals surface area contributed by atoms with Crippen LogP contribution >= 0.6 is 27.3 Å². The van der Waals surface area contributed by atoms with Crippen LogP contribution in [0.25, 0.3) is 10.2 Å². The summed E-state index contributed by atoms with van der Waals surface area (Å²) in [6.07, 6.45) is 0. The lowest BCUT2D eigenvalue weighted by atomic mass is 10.2. The largest absolute Gasteiger partial charge is 0.450 e. The van der Waals surface area contributed by atoms with E-state index in [1.807, 2.05) is 19.1 Å². The van der Waals surface area contributed by atoms with Crippen LogP contribution in [0.4, 0.5) is 5.69 Å². The SMILES string of the molecule is Cc1cc(Oc2ccc3scnc3c2[N+](=O)[O-])ccc1Br. The summed E-state index contributed by atoms with van der Waals surface area (Å²) in [6.45, 7) is 1.93. The lowest BCUT2D eigenvalue weighted by molar-refractivity contribution is -0.384. The van der Waals surface area contributed by atoms with Crippen LogP contribution < -0.4 is 4.74 Å². The number of ether oxygens (including phenoxy) is 1. The predicted molar refractivity (Wildman–Crippen MR) is 85.2 cm³/mol. The highest BCUT2D eigenvalue weighted by Gasteiger charge is 2.22. The number of benzene rings is 2. The average Bonchev–Trinajstić information content (AvgIpc) is 2.90. The van der Waals surface area contributed by atoms with Gasteiger partial charge in [-0.2, -0.15) is 0 Å². The molecule has 2 aromatic carbocycles. The molecule has 1 heterocycles. The predicted octanol–water partition coefficient (Wildman–Crippen LogP) is 5.07. The first-order valence-corrected chi connectivity index (χ1v) is 7.68. The van der Waals surface area contributed by atoms with E-state index in [1.54, 1.807) is 23.7 Å². The van der Waals surface area contributed by atoms with Crippen LogP contribution in [0.1, 0.15) is 5.56 Å². The van der Waals surface area contributed by atoms with E-state index in [4.69, 9.17) is 4.74 Å². The zero-order valence-electron chi connectivity index (χ0n) is 10.9. The molecular weight excluding hydrogens is 356 g/mol. The summed E-state index contributed by atoms with van der Waals surface area (Å²) in [4.78, 5) is 14.9. The molecule has 0 spiro atoms. The lowest BCUT2D eigenvalue weighted by Gasteiger charge is -2.08. The van der Waals surface area contributed by atoms with Gasteiger partial charge < -0.3 is 4.74 Å². The number of aryl methyl sites for hydroxylation is 1. The number of aromatic nitrogens is 1. The van der Waals surface area contributed by atoms with Crippen LogP contribution in [0.3, 0.4) is 0 Å². The maximum Gasteiger partial charge on any atom is 0.338 e. The number of nitro benzene ring substituents is 1. The number of thiazole rings is 1. The molecule has 0 bridgehead atoms. The minimum Gasteiger partial charge on any atom is -0.450 e. The van der Waals surface area contributed by atoms with E-state index in [0.29, 0.717) is 11.3 Å². The minimum absolute atomic E-state index is 0.102. The molecule has 0 fully saturated rings. The van der Waals surface area contributed by atoms with E-state index >= 15 is 0 Å². The number of nitrogens with zero attached hydrogens (tertiary/aromatic N) is 2. The van der Waals surface area contributed by atoms with Gasteiger partial charge in [-0.05, 0) is 42.8 Å². The first-order valence-electron chi connectivity index (χ1n) is 6.01. The Morgan fingerprint density at radius 3 is 2.86 bits per heavy atom. The van der Waals surface area contributed by atoms with Crippen LogP contribution in [-0.4, -0.2) is 9.91 Å². The number of halogens is 1. The molecule has 0 saturated carbocycles.